The third-order valence-electron chi connectivity index (χ3n) is 1.95. The molecule has 0 saturated heterocycles. The molecule has 1 aromatic heterocycles. The zero-order valence-electron chi connectivity index (χ0n) is 9.73. The van der Waals surface area contributed by atoms with E-state index in [0.29, 0.717) is 5.56 Å². The van der Waals surface area contributed by atoms with Crippen molar-refractivity contribution in [1.82, 2.24) is 15.0 Å². The number of hydrogen-bond donors (Lipinski definition) is 2. The lowest BCUT2D eigenvalue weighted by Gasteiger charge is -2.05. The van der Waals surface area contributed by atoms with E-state index >= 15 is 0 Å². The maximum Gasteiger partial charge on any atom is 0.252 e. The molecule has 0 saturated carbocycles. The van der Waals surface area contributed by atoms with E-state index in [9.17, 15) is 13.2 Å². The van der Waals surface area contributed by atoms with Gasteiger partial charge in [0.05, 0.1) is 11.8 Å². The molecular weight excluding hydrogens is 242 g/mol. The van der Waals surface area contributed by atoms with Crippen LogP contribution in [0.3, 0.4) is 0 Å². The molecule has 1 rings (SSSR count). The van der Waals surface area contributed by atoms with Gasteiger partial charge in [0.25, 0.3) is 5.91 Å². The first-order valence-corrected chi connectivity index (χ1v) is 6.93. The van der Waals surface area contributed by atoms with Crippen LogP contribution in [0.1, 0.15) is 16.1 Å². The molecule has 94 valence electrons. The standard InChI is InChI=1S/C10H15N3O3S/c1-8-3-4-9(7-12-8)10(14)11-5-6-13-17(2,15)16/h3-4,7,13H,5-6H2,1-2H3,(H,11,14). The summed E-state index contributed by atoms with van der Waals surface area (Å²) in [5.74, 6) is -0.271. The van der Waals surface area contributed by atoms with Crippen molar-refractivity contribution in [3.8, 4) is 0 Å². The second-order valence-corrected chi connectivity index (χ2v) is 5.44. The Labute approximate surface area is 100 Å². The maximum atomic E-state index is 11.6. The van der Waals surface area contributed by atoms with Crippen LogP contribution in [0, 0.1) is 6.92 Å². The Morgan fingerprint density at radius 2 is 2.06 bits per heavy atom. The normalized spacial score (nSPS) is 11.2. The molecular formula is C10H15N3O3S. The first-order chi connectivity index (χ1) is 7.88. The van der Waals surface area contributed by atoms with Gasteiger partial charge in [0.1, 0.15) is 0 Å². The number of aryl methyl sites for hydroxylation is 1. The van der Waals surface area contributed by atoms with Crippen molar-refractivity contribution in [2.24, 2.45) is 0 Å². The highest BCUT2D eigenvalue weighted by Gasteiger charge is 2.05. The minimum atomic E-state index is -3.21. The van der Waals surface area contributed by atoms with E-state index in [4.69, 9.17) is 0 Å². The van der Waals surface area contributed by atoms with Crippen molar-refractivity contribution in [3.05, 3.63) is 29.6 Å². The first-order valence-electron chi connectivity index (χ1n) is 5.04. The summed E-state index contributed by atoms with van der Waals surface area (Å²) in [5.41, 5.74) is 1.29. The molecule has 1 heterocycles. The Balaban J connectivity index is 2.38. The number of pyridine rings is 1. The number of nitrogens with zero attached hydrogens (tertiary/aromatic N) is 1. The predicted molar refractivity (Wildman–Crippen MR) is 64.2 cm³/mol. The fourth-order valence-electron chi connectivity index (χ4n) is 1.12. The molecule has 0 fully saturated rings. The van der Waals surface area contributed by atoms with Crippen LogP contribution in [0.5, 0.6) is 0 Å². The highest BCUT2D eigenvalue weighted by atomic mass is 32.2. The Bertz CT molecular complexity index is 482. The van der Waals surface area contributed by atoms with Gasteiger partial charge in [-0.3, -0.25) is 9.78 Å². The van der Waals surface area contributed by atoms with E-state index in [0.717, 1.165) is 11.9 Å². The van der Waals surface area contributed by atoms with Crippen molar-refractivity contribution in [2.75, 3.05) is 19.3 Å². The van der Waals surface area contributed by atoms with Crippen molar-refractivity contribution in [2.45, 2.75) is 6.92 Å². The molecule has 0 radical (unpaired) electrons. The Morgan fingerprint density at radius 3 is 2.59 bits per heavy atom. The highest BCUT2D eigenvalue weighted by molar-refractivity contribution is 7.88. The van der Waals surface area contributed by atoms with Gasteiger partial charge >= 0.3 is 0 Å². The summed E-state index contributed by atoms with van der Waals surface area (Å²) in [7, 11) is -3.21. The highest BCUT2D eigenvalue weighted by Crippen LogP contribution is 1.98. The van der Waals surface area contributed by atoms with Crippen LogP contribution < -0.4 is 10.0 Å². The van der Waals surface area contributed by atoms with Gasteiger partial charge in [0.15, 0.2) is 0 Å². The maximum absolute atomic E-state index is 11.6. The van der Waals surface area contributed by atoms with Gasteiger partial charge in [-0.05, 0) is 19.1 Å². The van der Waals surface area contributed by atoms with Crippen molar-refractivity contribution in [3.63, 3.8) is 0 Å². The average Bonchev–Trinajstić information content (AvgIpc) is 2.24. The van der Waals surface area contributed by atoms with Crippen LogP contribution in [0.25, 0.3) is 0 Å². The SMILES string of the molecule is Cc1ccc(C(=O)NCCNS(C)(=O)=O)cn1. The molecule has 0 bridgehead atoms. The van der Waals surface area contributed by atoms with Crippen LogP contribution in [-0.4, -0.2) is 38.7 Å². The number of amides is 1. The molecule has 1 amide bonds. The van der Waals surface area contributed by atoms with E-state index in [1.807, 2.05) is 6.92 Å². The Kier molecular flexibility index (Phi) is 4.59. The molecule has 2 N–H and O–H groups in total. The van der Waals surface area contributed by atoms with E-state index < -0.39 is 10.0 Å². The quantitative estimate of drug-likeness (QED) is 0.707. The number of carbonyl (C=O) groups is 1. The zero-order chi connectivity index (χ0) is 12.9. The van der Waals surface area contributed by atoms with Gasteiger partial charge in [-0.25, -0.2) is 13.1 Å². The summed E-state index contributed by atoms with van der Waals surface area (Å²) in [6.07, 6.45) is 2.55. The monoisotopic (exact) mass is 257 g/mol. The summed E-state index contributed by atoms with van der Waals surface area (Å²) in [6, 6.07) is 3.41. The summed E-state index contributed by atoms with van der Waals surface area (Å²) < 4.78 is 23.8. The van der Waals surface area contributed by atoms with Gasteiger partial charge < -0.3 is 5.32 Å². The second-order valence-electron chi connectivity index (χ2n) is 3.61. The summed E-state index contributed by atoms with van der Waals surface area (Å²) in [6.45, 7) is 2.24. The molecule has 0 spiro atoms. The lowest BCUT2D eigenvalue weighted by atomic mass is 10.2. The van der Waals surface area contributed by atoms with E-state index in [2.05, 4.69) is 15.0 Å². The molecule has 0 unspecified atom stereocenters. The van der Waals surface area contributed by atoms with Gasteiger partial charge in [-0.1, -0.05) is 0 Å². The average molecular weight is 257 g/mol. The van der Waals surface area contributed by atoms with Crippen LogP contribution in [0.4, 0.5) is 0 Å². The predicted octanol–water partition coefficient (Wildman–Crippen LogP) is -0.331. The number of nitrogens with one attached hydrogen (secondary N) is 2. The molecule has 7 heteroatoms. The summed E-state index contributed by atoms with van der Waals surface area (Å²) in [4.78, 5) is 15.5. The van der Waals surface area contributed by atoms with E-state index in [-0.39, 0.29) is 19.0 Å². The molecule has 17 heavy (non-hydrogen) atoms. The third kappa shape index (κ3) is 5.41. The van der Waals surface area contributed by atoms with Crippen LogP contribution in [0.2, 0.25) is 0 Å². The molecule has 6 nitrogen and oxygen atoms in total. The van der Waals surface area contributed by atoms with Gasteiger partial charge in [0.2, 0.25) is 10.0 Å². The first kappa shape index (κ1) is 13.6. The van der Waals surface area contributed by atoms with Crippen LogP contribution in [0.15, 0.2) is 18.3 Å². The van der Waals surface area contributed by atoms with E-state index in [1.54, 1.807) is 12.1 Å². The number of rotatable bonds is 5. The lowest BCUT2D eigenvalue weighted by molar-refractivity contribution is 0.0954. The molecule has 0 aliphatic heterocycles. The van der Waals surface area contributed by atoms with Crippen molar-refractivity contribution >= 4 is 15.9 Å². The topological polar surface area (TPSA) is 88.2 Å². The van der Waals surface area contributed by atoms with Gasteiger partial charge in [-0.15, -0.1) is 0 Å². The molecule has 0 aromatic carbocycles. The number of carbonyl (C=O) groups excluding carboxylic acids is 1. The van der Waals surface area contributed by atoms with Crippen molar-refractivity contribution < 1.29 is 13.2 Å². The number of aromatic nitrogens is 1. The second kappa shape index (κ2) is 5.74. The summed E-state index contributed by atoms with van der Waals surface area (Å²) in [5, 5.41) is 2.59. The Hall–Kier alpha value is -1.47. The largest absolute Gasteiger partial charge is 0.351 e. The molecule has 0 aliphatic carbocycles. The van der Waals surface area contributed by atoms with Crippen LogP contribution in [-0.2, 0) is 10.0 Å². The smallest absolute Gasteiger partial charge is 0.252 e. The van der Waals surface area contributed by atoms with Crippen molar-refractivity contribution in [1.29, 1.82) is 0 Å². The fraction of sp³-hybridized carbons (Fsp3) is 0.400. The summed E-state index contributed by atoms with van der Waals surface area (Å²) >= 11 is 0. The minimum Gasteiger partial charge on any atom is -0.351 e. The molecule has 0 aliphatic rings. The zero-order valence-corrected chi connectivity index (χ0v) is 10.5. The minimum absolute atomic E-state index is 0.170. The lowest BCUT2D eigenvalue weighted by Crippen LogP contribution is -2.34. The molecule has 0 atom stereocenters. The van der Waals surface area contributed by atoms with Gasteiger partial charge in [0, 0.05) is 25.0 Å². The fourth-order valence-corrected chi connectivity index (χ4v) is 1.59. The third-order valence-corrected chi connectivity index (χ3v) is 2.68. The number of sulfonamides is 1. The van der Waals surface area contributed by atoms with Crippen LogP contribution >= 0.6 is 0 Å². The Morgan fingerprint density at radius 1 is 1.35 bits per heavy atom. The van der Waals surface area contributed by atoms with Gasteiger partial charge in [-0.2, -0.15) is 0 Å². The molecule has 1 aromatic rings. The van der Waals surface area contributed by atoms with E-state index in [1.165, 1.54) is 6.20 Å². The number of hydrogen-bond acceptors (Lipinski definition) is 4.